The first kappa shape index (κ1) is 27.7. The van der Waals surface area contributed by atoms with E-state index in [2.05, 4.69) is 166 Å². The maximum Gasteiger partial charge on any atom is 0.0743 e. The second-order valence-corrected chi connectivity index (χ2v) is 12.0. The van der Waals surface area contributed by atoms with Gasteiger partial charge in [-0.15, -0.1) is 0 Å². The largest absolute Gasteiger partial charge is 0.354 e. The van der Waals surface area contributed by atoms with Crippen LogP contribution in [0, 0.1) is 0 Å². The zero-order valence-corrected chi connectivity index (χ0v) is 26.0. The number of hydrogen-bond acceptors (Lipinski definition) is 1. The van der Waals surface area contributed by atoms with E-state index in [9.17, 15) is 0 Å². The highest BCUT2D eigenvalue weighted by atomic mass is 14.8. The predicted molar refractivity (Wildman–Crippen MR) is 192 cm³/mol. The van der Waals surface area contributed by atoms with E-state index in [4.69, 9.17) is 4.98 Å². The fourth-order valence-corrected chi connectivity index (χ4v) is 6.86. The number of benzene rings is 3. The molecule has 1 aliphatic rings. The van der Waals surface area contributed by atoms with Gasteiger partial charge in [-0.25, -0.2) is 0 Å². The van der Waals surface area contributed by atoms with E-state index in [0.717, 1.165) is 88.8 Å². The average Bonchev–Trinajstić information content (AvgIpc) is 3.98. The minimum absolute atomic E-state index is 0.884. The van der Waals surface area contributed by atoms with E-state index >= 15 is 0 Å². The maximum atomic E-state index is 4.81. The summed E-state index contributed by atoms with van der Waals surface area (Å²) in [6.45, 7) is 0. The summed E-state index contributed by atoms with van der Waals surface area (Å²) in [5, 5.41) is 4.04. The molecule has 0 unspecified atom stereocenters. The molecule has 0 atom stereocenters. The van der Waals surface area contributed by atoms with Gasteiger partial charge in [0.2, 0.25) is 0 Å². The Labute approximate surface area is 277 Å². The van der Waals surface area contributed by atoms with E-state index < -0.39 is 0 Å². The van der Waals surface area contributed by atoms with Crippen LogP contribution in [-0.4, -0.2) is 24.9 Å². The van der Waals surface area contributed by atoms with Gasteiger partial charge in [0.05, 0.1) is 16.7 Å². The second-order valence-electron chi connectivity index (χ2n) is 12.0. The molecule has 48 heavy (non-hydrogen) atoms. The first-order valence-electron chi connectivity index (χ1n) is 16.1. The zero-order chi connectivity index (χ0) is 31.9. The Bertz CT molecular complexity index is 2270. The summed E-state index contributed by atoms with van der Waals surface area (Å²) in [7, 11) is 0. The van der Waals surface area contributed by atoms with Crippen LogP contribution in [0.3, 0.4) is 0 Å². The van der Waals surface area contributed by atoms with Gasteiger partial charge in [0.25, 0.3) is 0 Å². The summed E-state index contributed by atoms with van der Waals surface area (Å²) in [6, 6.07) is 55.1. The fraction of sp³-hybridized carbons (Fsp3) is 0. The van der Waals surface area contributed by atoms with E-state index in [1.165, 1.54) is 0 Å². The third-order valence-corrected chi connectivity index (χ3v) is 9.01. The number of fused-ring (bicyclic) bond motifs is 8. The molecule has 3 aromatic carbocycles. The van der Waals surface area contributed by atoms with E-state index in [1.807, 2.05) is 18.3 Å². The molecule has 5 aromatic heterocycles. The Balaban J connectivity index is 1.44. The van der Waals surface area contributed by atoms with Crippen molar-refractivity contribution in [2.75, 3.05) is 0 Å². The number of hydrogen-bond donors (Lipinski definition) is 4. The molecule has 0 saturated carbocycles. The maximum absolute atomic E-state index is 4.81. The molecule has 0 radical (unpaired) electrons. The monoisotopic (exact) mass is 617 g/mol. The summed E-state index contributed by atoms with van der Waals surface area (Å²) >= 11 is 0. The van der Waals surface area contributed by atoms with Gasteiger partial charge in [-0.2, -0.15) is 0 Å². The van der Waals surface area contributed by atoms with E-state index in [1.54, 1.807) is 0 Å². The van der Waals surface area contributed by atoms with Crippen LogP contribution in [0.2, 0.25) is 0 Å². The summed E-state index contributed by atoms with van der Waals surface area (Å²) in [5.74, 6) is 0. The lowest BCUT2D eigenvalue weighted by atomic mass is 10.0. The van der Waals surface area contributed by atoms with Crippen LogP contribution in [0.25, 0.3) is 22.3 Å². The third-order valence-electron chi connectivity index (χ3n) is 9.01. The molecule has 0 saturated heterocycles. The SMILES string of the molecule is c1ccc(C2=c3ccc([nH]3)=C(c3ccccc3)c3ccc([nH]3)C(c3ccccn3)=c3ccc([nH]3)=C(c3ccccc3)c3ccc2[nH]3)cc1. The molecule has 4 N–H and O–H groups in total. The normalized spacial score (nSPS) is 12.8. The highest BCUT2D eigenvalue weighted by Crippen LogP contribution is 2.27. The van der Waals surface area contributed by atoms with Gasteiger partial charge in [-0.1, -0.05) is 97.1 Å². The van der Waals surface area contributed by atoms with Crippen molar-refractivity contribution in [1.29, 1.82) is 0 Å². The van der Waals surface area contributed by atoms with Crippen LogP contribution >= 0.6 is 0 Å². The predicted octanol–water partition coefficient (Wildman–Crippen LogP) is 5.70. The first-order valence-corrected chi connectivity index (χ1v) is 16.1. The van der Waals surface area contributed by atoms with Crippen molar-refractivity contribution in [2.24, 2.45) is 0 Å². The van der Waals surface area contributed by atoms with Crippen molar-refractivity contribution < 1.29 is 0 Å². The number of nitrogens with one attached hydrogen (secondary N) is 4. The molecule has 228 valence electrons. The Hall–Kier alpha value is -6.59. The van der Waals surface area contributed by atoms with Crippen LogP contribution in [0.15, 0.2) is 164 Å². The first-order chi connectivity index (χ1) is 23.8. The molecular formula is C43H31N5. The lowest BCUT2D eigenvalue weighted by molar-refractivity contribution is 1.17. The zero-order valence-electron chi connectivity index (χ0n) is 26.0. The molecule has 0 amide bonds. The number of aromatic amines is 4. The van der Waals surface area contributed by atoms with Gasteiger partial charge in [0, 0.05) is 61.6 Å². The fourth-order valence-electron chi connectivity index (χ4n) is 6.86. The van der Waals surface area contributed by atoms with Gasteiger partial charge in [-0.3, -0.25) is 4.98 Å². The lowest BCUT2D eigenvalue weighted by Crippen LogP contribution is -2.19. The summed E-state index contributed by atoms with van der Waals surface area (Å²) < 4.78 is 0. The van der Waals surface area contributed by atoms with Crippen molar-refractivity contribution in [1.82, 2.24) is 24.9 Å². The van der Waals surface area contributed by atoms with E-state index in [-0.39, 0.29) is 0 Å². The topological polar surface area (TPSA) is 76.0 Å². The van der Waals surface area contributed by atoms with Gasteiger partial charge >= 0.3 is 0 Å². The van der Waals surface area contributed by atoms with Gasteiger partial charge < -0.3 is 19.9 Å². The van der Waals surface area contributed by atoms with Crippen LogP contribution in [-0.2, 0) is 0 Å². The van der Waals surface area contributed by atoms with Crippen molar-refractivity contribution in [3.63, 3.8) is 0 Å². The Morgan fingerprint density at radius 2 is 0.646 bits per heavy atom. The highest BCUT2D eigenvalue weighted by Gasteiger charge is 2.18. The molecule has 0 aliphatic carbocycles. The Morgan fingerprint density at radius 1 is 0.292 bits per heavy atom. The number of aromatic nitrogens is 5. The molecule has 0 fully saturated rings. The Kier molecular flexibility index (Phi) is 6.72. The average molecular weight is 618 g/mol. The molecule has 8 bridgehead atoms. The molecule has 5 nitrogen and oxygen atoms in total. The van der Waals surface area contributed by atoms with Gasteiger partial charge in [0.1, 0.15) is 0 Å². The second kappa shape index (κ2) is 11.6. The van der Waals surface area contributed by atoms with Crippen molar-refractivity contribution >= 4 is 22.3 Å². The van der Waals surface area contributed by atoms with E-state index in [0.29, 0.717) is 0 Å². The quantitative estimate of drug-likeness (QED) is 0.201. The van der Waals surface area contributed by atoms with Gasteiger partial charge in [0.15, 0.2) is 0 Å². The standard InChI is InChI=1S/C43H31N5/c1-4-12-28(13-5-1)40-32-19-21-34(45-32)41(29-14-6-2-7-15-29)36-23-25-38(47-36)43(31-18-10-11-27-44-31)39-26-24-37(48-39)42(30-16-8-3-9-17-30)35-22-20-33(40)46-35/h1-27,45-48H. The van der Waals surface area contributed by atoms with Crippen LogP contribution < -0.4 is 21.4 Å². The number of pyridine rings is 1. The number of rotatable bonds is 4. The van der Waals surface area contributed by atoms with Crippen LogP contribution in [0.4, 0.5) is 0 Å². The number of H-pyrrole nitrogens is 4. The number of nitrogens with zero attached hydrogens (tertiary/aromatic N) is 1. The van der Waals surface area contributed by atoms with Crippen molar-refractivity contribution in [3.05, 3.63) is 230 Å². The molecular weight excluding hydrogens is 587 g/mol. The lowest BCUT2D eigenvalue weighted by Gasteiger charge is -2.09. The van der Waals surface area contributed by atoms with Crippen LogP contribution in [0.5, 0.6) is 0 Å². The molecule has 9 rings (SSSR count). The molecule has 1 aliphatic heterocycles. The summed E-state index contributed by atoms with van der Waals surface area (Å²) in [4.78, 5) is 20.1. The smallest absolute Gasteiger partial charge is 0.0743 e. The minimum Gasteiger partial charge on any atom is -0.354 e. The molecule has 5 heteroatoms. The van der Waals surface area contributed by atoms with Gasteiger partial charge in [-0.05, 0) is 77.4 Å². The molecule has 8 aromatic rings. The third kappa shape index (κ3) is 4.86. The summed E-state index contributed by atoms with van der Waals surface area (Å²) in [5.41, 5.74) is 12.6. The van der Waals surface area contributed by atoms with Crippen molar-refractivity contribution in [2.45, 2.75) is 0 Å². The molecule has 6 heterocycles. The van der Waals surface area contributed by atoms with Crippen molar-refractivity contribution in [3.8, 4) is 0 Å². The summed E-state index contributed by atoms with van der Waals surface area (Å²) in [6.07, 6.45) is 1.85. The Morgan fingerprint density at radius 3 is 1.02 bits per heavy atom. The minimum atomic E-state index is 0.884. The molecule has 0 spiro atoms. The highest BCUT2D eigenvalue weighted by molar-refractivity contribution is 5.84. The van der Waals surface area contributed by atoms with Crippen LogP contribution in [0.1, 0.15) is 45.2 Å².